The summed E-state index contributed by atoms with van der Waals surface area (Å²) in [4.78, 5) is 0. The zero-order chi connectivity index (χ0) is 11.4. The highest BCUT2D eigenvalue weighted by atomic mass is 19.1. The molecule has 1 saturated heterocycles. The molecule has 1 fully saturated rings. The third kappa shape index (κ3) is 2.93. The smallest absolute Gasteiger partial charge is 0.147 e. The lowest BCUT2D eigenvalue weighted by molar-refractivity contribution is -0.133. The van der Waals surface area contributed by atoms with Crippen LogP contribution in [-0.2, 0) is 9.47 Å². The van der Waals surface area contributed by atoms with Crippen LogP contribution in [0.25, 0.3) is 0 Å². The molecule has 1 aromatic carbocycles. The van der Waals surface area contributed by atoms with E-state index >= 15 is 0 Å². The van der Waals surface area contributed by atoms with E-state index in [1.54, 1.807) is 6.07 Å². The van der Waals surface area contributed by atoms with Gasteiger partial charge in [0.05, 0.1) is 12.7 Å². The van der Waals surface area contributed by atoms with Crippen LogP contribution in [0.2, 0.25) is 0 Å². The largest absolute Gasteiger partial charge is 0.382 e. The van der Waals surface area contributed by atoms with Crippen LogP contribution in [0.1, 0.15) is 12.0 Å². The van der Waals surface area contributed by atoms with Crippen LogP contribution >= 0.6 is 0 Å². The summed E-state index contributed by atoms with van der Waals surface area (Å²) >= 11 is 0. The van der Waals surface area contributed by atoms with Gasteiger partial charge in [-0.2, -0.15) is 0 Å². The molecule has 1 aliphatic rings. The van der Waals surface area contributed by atoms with Gasteiger partial charge in [0.1, 0.15) is 12.6 Å². The summed E-state index contributed by atoms with van der Waals surface area (Å²) in [5, 5.41) is 3.20. The van der Waals surface area contributed by atoms with E-state index in [9.17, 15) is 4.39 Å². The third-order valence-electron chi connectivity index (χ3n) is 2.69. The predicted octanol–water partition coefficient (Wildman–Crippen LogP) is 2.31. The van der Waals surface area contributed by atoms with E-state index in [2.05, 4.69) is 5.32 Å². The fourth-order valence-corrected chi connectivity index (χ4v) is 1.67. The SMILES string of the molecule is Cc1ccc(F)cc1NCC1CCOCO1. The Morgan fingerprint density at radius 3 is 3.12 bits per heavy atom. The second-order valence-electron chi connectivity index (χ2n) is 3.94. The quantitative estimate of drug-likeness (QED) is 0.856. The number of ether oxygens (including phenoxy) is 2. The Hall–Kier alpha value is -1.13. The Kier molecular flexibility index (Phi) is 3.74. The Bertz CT molecular complexity index is 351. The molecule has 0 bridgehead atoms. The number of hydrogen-bond acceptors (Lipinski definition) is 3. The maximum atomic E-state index is 13.0. The Morgan fingerprint density at radius 1 is 1.50 bits per heavy atom. The lowest BCUT2D eigenvalue weighted by Crippen LogP contribution is -2.30. The first-order chi connectivity index (χ1) is 7.75. The third-order valence-corrected chi connectivity index (χ3v) is 2.69. The molecule has 4 heteroatoms. The Labute approximate surface area is 94.6 Å². The van der Waals surface area contributed by atoms with Crippen molar-refractivity contribution < 1.29 is 13.9 Å². The fourth-order valence-electron chi connectivity index (χ4n) is 1.67. The van der Waals surface area contributed by atoms with Crippen molar-refractivity contribution in [1.29, 1.82) is 0 Å². The topological polar surface area (TPSA) is 30.5 Å². The van der Waals surface area contributed by atoms with Crippen molar-refractivity contribution in [3.8, 4) is 0 Å². The fraction of sp³-hybridized carbons (Fsp3) is 0.500. The maximum absolute atomic E-state index is 13.0. The molecule has 1 unspecified atom stereocenters. The van der Waals surface area contributed by atoms with E-state index in [0.29, 0.717) is 13.3 Å². The van der Waals surface area contributed by atoms with E-state index < -0.39 is 0 Å². The number of benzene rings is 1. The number of rotatable bonds is 3. The number of halogens is 1. The van der Waals surface area contributed by atoms with E-state index in [1.807, 2.05) is 6.92 Å². The molecule has 16 heavy (non-hydrogen) atoms. The molecule has 0 amide bonds. The summed E-state index contributed by atoms with van der Waals surface area (Å²) in [5.74, 6) is -0.221. The zero-order valence-electron chi connectivity index (χ0n) is 9.33. The van der Waals surface area contributed by atoms with Crippen LogP contribution in [0.5, 0.6) is 0 Å². The average molecular weight is 225 g/mol. The maximum Gasteiger partial charge on any atom is 0.147 e. The van der Waals surface area contributed by atoms with Gasteiger partial charge >= 0.3 is 0 Å². The van der Waals surface area contributed by atoms with Gasteiger partial charge in [0, 0.05) is 12.2 Å². The highest BCUT2D eigenvalue weighted by Crippen LogP contribution is 2.16. The molecule has 0 saturated carbocycles. The van der Waals surface area contributed by atoms with Gasteiger partial charge in [0.2, 0.25) is 0 Å². The van der Waals surface area contributed by atoms with Gasteiger partial charge in [-0.3, -0.25) is 0 Å². The second kappa shape index (κ2) is 5.27. The van der Waals surface area contributed by atoms with Crippen molar-refractivity contribution in [2.75, 3.05) is 25.3 Å². The van der Waals surface area contributed by atoms with Crippen molar-refractivity contribution in [1.82, 2.24) is 0 Å². The molecule has 1 N–H and O–H groups in total. The summed E-state index contributed by atoms with van der Waals surface area (Å²) in [5.41, 5.74) is 1.86. The van der Waals surface area contributed by atoms with Gasteiger partial charge in [-0.1, -0.05) is 6.07 Å². The normalized spacial score (nSPS) is 20.8. The molecule has 88 valence electrons. The average Bonchev–Trinajstić information content (AvgIpc) is 2.32. The number of aryl methyl sites for hydroxylation is 1. The van der Waals surface area contributed by atoms with Gasteiger partial charge in [-0.25, -0.2) is 4.39 Å². The van der Waals surface area contributed by atoms with Crippen LogP contribution < -0.4 is 5.32 Å². The van der Waals surface area contributed by atoms with Crippen molar-refractivity contribution in [2.24, 2.45) is 0 Å². The molecular formula is C12H16FNO2. The molecule has 0 aromatic heterocycles. The van der Waals surface area contributed by atoms with Crippen LogP contribution in [0.15, 0.2) is 18.2 Å². The molecule has 0 aliphatic carbocycles. The Morgan fingerprint density at radius 2 is 2.38 bits per heavy atom. The summed E-state index contributed by atoms with van der Waals surface area (Å²) in [6, 6.07) is 4.74. The molecule has 1 atom stereocenters. The van der Waals surface area contributed by atoms with Gasteiger partial charge in [0.15, 0.2) is 0 Å². The van der Waals surface area contributed by atoms with Gasteiger partial charge in [0.25, 0.3) is 0 Å². The first kappa shape index (κ1) is 11.4. The van der Waals surface area contributed by atoms with Crippen molar-refractivity contribution in [3.05, 3.63) is 29.6 Å². The molecular weight excluding hydrogens is 209 g/mol. The van der Waals surface area contributed by atoms with Crippen molar-refractivity contribution in [3.63, 3.8) is 0 Å². The number of nitrogens with one attached hydrogen (secondary N) is 1. The van der Waals surface area contributed by atoms with Gasteiger partial charge in [-0.05, 0) is 31.0 Å². The summed E-state index contributed by atoms with van der Waals surface area (Å²) in [6.07, 6.45) is 1.03. The Balaban J connectivity index is 1.90. The van der Waals surface area contributed by atoms with Gasteiger partial charge < -0.3 is 14.8 Å². The summed E-state index contributed by atoms with van der Waals surface area (Å²) in [7, 11) is 0. The lowest BCUT2D eigenvalue weighted by Gasteiger charge is -2.23. The second-order valence-corrected chi connectivity index (χ2v) is 3.94. The molecule has 1 aromatic rings. The molecule has 0 radical (unpaired) electrons. The minimum absolute atomic E-state index is 0.149. The first-order valence-electron chi connectivity index (χ1n) is 5.45. The molecule has 1 aliphatic heterocycles. The molecule has 0 spiro atoms. The number of anilines is 1. The summed E-state index contributed by atoms with van der Waals surface area (Å²) < 4.78 is 23.5. The molecule has 2 rings (SSSR count). The highest BCUT2D eigenvalue weighted by Gasteiger charge is 2.13. The van der Waals surface area contributed by atoms with Crippen molar-refractivity contribution in [2.45, 2.75) is 19.4 Å². The predicted molar refractivity (Wildman–Crippen MR) is 59.9 cm³/mol. The van der Waals surface area contributed by atoms with Gasteiger partial charge in [-0.15, -0.1) is 0 Å². The molecule has 3 nitrogen and oxygen atoms in total. The number of hydrogen-bond donors (Lipinski definition) is 1. The molecule has 1 heterocycles. The monoisotopic (exact) mass is 225 g/mol. The van der Waals surface area contributed by atoms with Crippen molar-refractivity contribution >= 4 is 5.69 Å². The van der Waals surface area contributed by atoms with Crippen LogP contribution in [-0.4, -0.2) is 26.0 Å². The van der Waals surface area contributed by atoms with E-state index in [1.165, 1.54) is 12.1 Å². The van der Waals surface area contributed by atoms with Crippen LogP contribution in [0.3, 0.4) is 0 Å². The standard InChI is InChI=1S/C12H16FNO2/c1-9-2-3-10(13)6-12(9)14-7-11-4-5-15-8-16-11/h2-3,6,11,14H,4-5,7-8H2,1H3. The summed E-state index contributed by atoms with van der Waals surface area (Å²) in [6.45, 7) is 3.73. The zero-order valence-corrected chi connectivity index (χ0v) is 9.33. The first-order valence-corrected chi connectivity index (χ1v) is 5.45. The van der Waals surface area contributed by atoms with Crippen LogP contribution in [0, 0.1) is 12.7 Å². The minimum atomic E-state index is -0.221. The van der Waals surface area contributed by atoms with Crippen LogP contribution in [0.4, 0.5) is 10.1 Å². The van der Waals surface area contributed by atoms with E-state index in [0.717, 1.165) is 24.3 Å². The minimum Gasteiger partial charge on any atom is -0.382 e. The highest BCUT2D eigenvalue weighted by molar-refractivity contribution is 5.50. The van der Waals surface area contributed by atoms with E-state index in [-0.39, 0.29) is 11.9 Å². The van der Waals surface area contributed by atoms with E-state index in [4.69, 9.17) is 9.47 Å². The lowest BCUT2D eigenvalue weighted by atomic mass is 10.2.